The number of benzene rings is 1. The molecule has 2 amide bonds. The summed E-state index contributed by atoms with van der Waals surface area (Å²) < 4.78 is 6.88. The number of nitriles is 1. The number of fused-ring (bicyclic) bond motifs is 1. The van der Waals surface area contributed by atoms with Crippen LogP contribution in [0.3, 0.4) is 0 Å². The standard InChI is InChI=1S/C24H30N4O3/c1-18-8-11-27(12-9-18)23(29)17-28-16-20(21-6-3-4-7-22(21)28)14-19(15-25)24(30)26-10-5-13-31-2/h3-4,6-7,14,16,18H,5,8-13,17H2,1-2H3,(H,26,30). The van der Waals surface area contributed by atoms with Gasteiger partial charge in [0.05, 0.1) is 0 Å². The van der Waals surface area contributed by atoms with Crippen molar-refractivity contribution in [2.75, 3.05) is 33.4 Å². The fourth-order valence-corrected chi connectivity index (χ4v) is 3.84. The van der Waals surface area contributed by atoms with Gasteiger partial charge in [0.25, 0.3) is 5.91 Å². The lowest BCUT2D eigenvalue weighted by atomic mass is 9.99. The lowest BCUT2D eigenvalue weighted by molar-refractivity contribution is -0.133. The monoisotopic (exact) mass is 422 g/mol. The molecule has 1 aromatic heterocycles. The van der Waals surface area contributed by atoms with Crippen molar-refractivity contribution in [2.24, 2.45) is 5.92 Å². The van der Waals surface area contributed by atoms with Crippen LogP contribution >= 0.6 is 0 Å². The largest absolute Gasteiger partial charge is 0.385 e. The Morgan fingerprint density at radius 2 is 2.03 bits per heavy atom. The van der Waals surface area contributed by atoms with Crippen molar-refractivity contribution in [1.29, 1.82) is 5.26 Å². The van der Waals surface area contributed by atoms with Crippen molar-refractivity contribution < 1.29 is 14.3 Å². The molecular weight excluding hydrogens is 392 g/mol. The van der Waals surface area contributed by atoms with Crippen LogP contribution < -0.4 is 5.32 Å². The predicted octanol–water partition coefficient (Wildman–Crippen LogP) is 2.96. The number of methoxy groups -OCH3 is 1. The summed E-state index contributed by atoms with van der Waals surface area (Å²) in [5.74, 6) is 0.353. The van der Waals surface area contributed by atoms with Gasteiger partial charge in [-0.2, -0.15) is 5.26 Å². The van der Waals surface area contributed by atoms with Gasteiger partial charge in [0.15, 0.2) is 0 Å². The van der Waals surface area contributed by atoms with Crippen LogP contribution in [0.25, 0.3) is 17.0 Å². The predicted molar refractivity (Wildman–Crippen MR) is 120 cm³/mol. The molecule has 0 saturated carbocycles. The summed E-state index contributed by atoms with van der Waals surface area (Å²) in [7, 11) is 1.61. The van der Waals surface area contributed by atoms with E-state index in [0.29, 0.717) is 25.5 Å². The molecule has 7 heteroatoms. The third kappa shape index (κ3) is 5.74. The Labute approximate surface area is 183 Å². The van der Waals surface area contributed by atoms with Gasteiger partial charge in [-0.15, -0.1) is 0 Å². The van der Waals surface area contributed by atoms with E-state index in [1.807, 2.05) is 46.0 Å². The van der Waals surface area contributed by atoms with Crippen LogP contribution in [0.15, 0.2) is 36.0 Å². The molecule has 0 unspecified atom stereocenters. The van der Waals surface area contributed by atoms with E-state index >= 15 is 0 Å². The highest BCUT2D eigenvalue weighted by Gasteiger charge is 2.21. The summed E-state index contributed by atoms with van der Waals surface area (Å²) in [6, 6.07) is 9.72. The van der Waals surface area contributed by atoms with Gasteiger partial charge in [-0.25, -0.2) is 0 Å². The summed E-state index contributed by atoms with van der Waals surface area (Å²) in [6.45, 7) is 5.05. The topological polar surface area (TPSA) is 87.4 Å². The number of nitrogens with zero attached hydrogens (tertiary/aromatic N) is 3. The quantitative estimate of drug-likeness (QED) is 0.403. The van der Waals surface area contributed by atoms with E-state index in [0.717, 1.165) is 42.4 Å². The Morgan fingerprint density at radius 3 is 2.74 bits per heavy atom. The minimum atomic E-state index is -0.408. The number of aromatic nitrogens is 1. The van der Waals surface area contributed by atoms with E-state index in [1.54, 1.807) is 13.2 Å². The van der Waals surface area contributed by atoms with Crippen molar-refractivity contribution in [3.05, 3.63) is 41.6 Å². The zero-order chi connectivity index (χ0) is 22.2. The van der Waals surface area contributed by atoms with E-state index in [1.165, 1.54) is 0 Å². The molecular formula is C24H30N4O3. The number of amides is 2. The van der Waals surface area contributed by atoms with Gasteiger partial charge in [-0.3, -0.25) is 9.59 Å². The highest BCUT2D eigenvalue weighted by atomic mass is 16.5. The van der Waals surface area contributed by atoms with Crippen LogP contribution in [0.1, 0.15) is 31.7 Å². The first kappa shape index (κ1) is 22.6. The van der Waals surface area contributed by atoms with Crippen LogP contribution in [0.2, 0.25) is 0 Å². The van der Waals surface area contributed by atoms with Gasteiger partial charge in [-0.05, 0) is 37.3 Å². The number of hydrogen-bond acceptors (Lipinski definition) is 4. The highest BCUT2D eigenvalue weighted by Crippen LogP contribution is 2.24. The van der Waals surface area contributed by atoms with Gasteiger partial charge < -0.3 is 19.5 Å². The van der Waals surface area contributed by atoms with Crippen LogP contribution in [-0.4, -0.2) is 54.6 Å². The fourth-order valence-electron chi connectivity index (χ4n) is 3.84. The molecule has 1 aromatic carbocycles. The zero-order valence-corrected chi connectivity index (χ0v) is 18.3. The molecule has 2 heterocycles. The van der Waals surface area contributed by atoms with E-state index in [9.17, 15) is 14.9 Å². The molecule has 0 radical (unpaired) electrons. The Kier molecular flexibility index (Phi) is 7.85. The fraction of sp³-hybridized carbons (Fsp3) is 0.458. The number of rotatable bonds is 8. The maximum Gasteiger partial charge on any atom is 0.261 e. The van der Waals surface area contributed by atoms with Gasteiger partial charge in [0.1, 0.15) is 18.2 Å². The first-order valence-electron chi connectivity index (χ1n) is 10.8. The van der Waals surface area contributed by atoms with Gasteiger partial charge in [-0.1, -0.05) is 25.1 Å². The minimum Gasteiger partial charge on any atom is -0.385 e. The molecule has 7 nitrogen and oxygen atoms in total. The maximum atomic E-state index is 12.8. The van der Waals surface area contributed by atoms with Crippen LogP contribution in [-0.2, 0) is 20.9 Å². The van der Waals surface area contributed by atoms with Crippen molar-refractivity contribution in [1.82, 2.24) is 14.8 Å². The van der Waals surface area contributed by atoms with Gasteiger partial charge in [0, 0.05) is 56.0 Å². The molecule has 31 heavy (non-hydrogen) atoms. The Bertz CT molecular complexity index is 994. The van der Waals surface area contributed by atoms with Crippen molar-refractivity contribution >= 4 is 28.8 Å². The first-order chi connectivity index (χ1) is 15.0. The number of piperidine rings is 1. The molecule has 0 bridgehead atoms. The molecule has 1 aliphatic rings. The first-order valence-corrected chi connectivity index (χ1v) is 10.8. The number of carbonyl (C=O) groups excluding carboxylic acids is 2. The molecule has 164 valence electrons. The van der Waals surface area contributed by atoms with Crippen LogP contribution in [0, 0.1) is 17.2 Å². The molecule has 1 N–H and O–H groups in total. The van der Waals surface area contributed by atoms with Gasteiger partial charge in [0.2, 0.25) is 5.91 Å². The van der Waals surface area contributed by atoms with Crippen LogP contribution in [0.5, 0.6) is 0 Å². The second kappa shape index (κ2) is 10.8. The van der Waals surface area contributed by atoms with Crippen molar-refractivity contribution in [3.8, 4) is 6.07 Å². The number of carbonyl (C=O) groups is 2. The zero-order valence-electron chi connectivity index (χ0n) is 18.3. The molecule has 1 aliphatic heterocycles. The third-order valence-electron chi connectivity index (χ3n) is 5.74. The molecule has 1 fully saturated rings. The number of ether oxygens (including phenoxy) is 1. The van der Waals surface area contributed by atoms with Crippen molar-refractivity contribution in [2.45, 2.75) is 32.7 Å². The SMILES string of the molecule is COCCCNC(=O)C(C#N)=Cc1cn(CC(=O)N2CCC(C)CC2)c2ccccc12. The van der Waals surface area contributed by atoms with E-state index in [2.05, 4.69) is 12.2 Å². The Hall–Kier alpha value is -3.11. The second-order valence-corrected chi connectivity index (χ2v) is 8.06. The maximum absolute atomic E-state index is 12.8. The lowest BCUT2D eigenvalue weighted by Gasteiger charge is -2.30. The Balaban J connectivity index is 1.80. The minimum absolute atomic E-state index is 0.0386. The summed E-state index contributed by atoms with van der Waals surface area (Å²) in [5.41, 5.74) is 1.70. The average molecular weight is 423 g/mol. The average Bonchev–Trinajstić information content (AvgIpc) is 3.12. The molecule has 2 aromatic rings. The van der Waals surface area contributed by atoms with Crippen LogP contribution in [0.4, 0.5) is 0 Å². The number of nitrogens with one attached hydrogen (secondary N) is 1. The highest BCUT2D eigenvalue weighted by molar-refractivity contribution is 6.04. The lowest BCUT2D eigenvalue weighted by Crippen LogP contribution is -2.39. The van der Waals surface area contributed by atoms with E-state index in [-0.39, 0.29) is 18.0 Å². The summed E-state index contributed by atoms with van der Waals surface area (Å²) >= 11 is 0. The molecule has 0 atom stereocenters. The van der Waals surface area contributed by atoms with E-state index in [4.69, 9.17) is 4.74 Å². The number of hydrogen-bond donors (Lipinski definition) is 1. The van der Waals surface area contributed by atoms with E-state index < -0.39 is 5.91 Å². The Morgan fingerprint density at radius 1 is 1.29 bits per heavy atom. The smallest absolute Gasteiger partial charge is 0.261 e. The molecule has 0 spiro atoms. The summed E-state index contributed by atoms with van der Waals surface area (Å²) in [4.78, 5) is 27.2. The van der Waals surface area contributed by atoms with Crippen molar-refractivity contribution in [3.63, 3.8) is 0 Å². The summed E-state index contributed by atoms with van der Waals surface area (Å²) in [5, 5.41) is 13.2. The van der Waals surface area contributed by atoms with Gasteiger partial charge >= 0.3 is 0 Å². The normalized spacial score (nSPS) is 15.1. The second-order valence-electron chi connectivity index (χ2n) is 8.06. The molecule has 0 aliphatic carbocycles. The molecule has 3 rings (SSSR count). The number of para-hydroxylation sites is 1. The number of likely N-dealkylation sites (tertiary alicyclic amines) is 1. The third-order valence-corrected chi connectivity index (χ3v) is 5.74. The summed E-state index contributed by atoms with van der Waals surface area (Å²) in [6.07, 6.45) is 6.20. The molecule has 1 saturated heterocycles.